The van der Waals surface area contributed by atoms with Gasteiger partial charge in [-0.05, 0) is 25.7 Å². The summed E-state index contributed by atoms with van der Waals surface area (Å²) < 4.78 is 26.6. The van der Waals surface area contributed by atoms with Crippen molar-refractivity contribution >= 4 is 10.0 Å². The Labute approximate surface area is 111 Å². The second-order valence-corrected chi connectivity index (χ2v) is 7.58. The van der Waals surface area contributed by atoms with Gasteiger partial charge in [-0.15, -0.1) is 0 Å². The van der Waals surface area contributed by atoms with Gasteiger partial charge in [0.2, 0.25) is 10.0 Å². The van der Waals surface area contributed by atoms with Gasteiger partial charge >= 0.3 is 0 Å². The fourth-order valence-corrected chi connectivity index (χ4v) is 4.62. The molecule has 1 unspecified atom stereocenters. The molecule has 0 aromatic rings. The molecule has 2 rings (SSSR count). The maximum Gasteiger partial charge on any atom is 0.211 e. The van der Waals surface area contributed by atoms with Gasteiger partial charge in [0.1, 0.15) is 0 Å². The van der Waals surface area contributed by atoms with Crippen LogP contribution in [0.4, 0.5) is 0 Å². The van der Waals surface area contributed by atoms with Crippen LogP contribution >= 0.6 is 0 Å². The molecule has 1 aliphatic carbocycles. The largest absolute Gasteiger partial charge is 0.299 e. The summed E-state index contributed by atoms with van der Waals surface area (Å²) in [6.07, 6.45) is 7.95. The Balaban J connectivity index is 1.78. The van der Waals surface area contributed by atoms with Crippen molar-refractivity contribution in [3.63, 3.8) is 0 Å². The highest BCUT2D eigenvalue weighted by atomic mass is 32.2. The van der Waals surface area contributed by atoms with Crippen LogP contribution in [0, 0.1) is 0 Å². The van der Waals surface area contributed by atoms with Crippen LogP contribution in [-0.2, 0) is 10.0 Å². The van der Waals surface area contributed by atoms with Crippen LogP contribution in [0.5, 0.6) is 0 Å². The molecule has 0 aromatic heterocycles. The third kappa shape index (κ3) is 3.93. The Morgan fingerprint density at radius 2 is 1.94 bits per heavy atom. The summed E-state index contributed by atoms with van der Waals surface area (Å²) in [7, 11) is -3.05. The molecule has 0 amide bonds. The smallest absolute Gasteiger partial charge is 0.211 e. The van der Waals surface area contributed by atoms with E-state index in [2.05, 4.69) is 9.62 Å². The maximum atomic E-state index is 11.8. The first kappa shape index (κ1) is 14.3. The molecule has 0 bridgehead atoms. The molecule has 1 heterocycles. The highest BCUT2D eigenvalue weighted by Crippen LogP contribution is 2.26. The summed E-state index contributed by atoms with van der Waals surface area (Å²) >= 11 is 0. The van der Waals surface area contributed by atoms with Crippen molar-refractivity contribution in [3.05, 3.63) is 0 Å². The van der Waals surface area contributed by atoms with Crippen molar-refractivity contribution in [1.29, 1.82) is 0 Å². The molecule has 1 saturated heterocycles. The van der Waals surface area contributed by atoms with Crippen molar-refractivity contribution in [2.24, 2.45) is 0 Å². The molecule has 1 N–H and O–H groups in total. The lowest BCUT2D eigenvalue weighted by Crippen LogP contribution is -2.40. The maximum absolute atomic E-state index is 11.8. The lowest BCUT2D eigenvalue weighted by molar-refractivity contribution is 0.242. The number of sulfonamides is 1. The lowest BCUT2D eigenvalue weighted by atomic mass is 10.2. The normalized spacial score (nSPS) is 27.1. The van der Waals surface area contributed by atoms with Gasteiger partial charge in [0.15, 0.2) is 0 Å². The molecule has 1 aliphatic heterocycles. The zero-order valence-electron chi connectivity index (χ0n) is 11.4. The molecule has 18 heavy (non-hydrogen) atoms. The van der Waals surface area contributed by atoms with Gasteiger partial charge in [-0.25, -0.2) is 13.1 Å². The number of rotatable bonds is 6. The zero-order chi connectivity index (χ0) is 13.0. The molecule has 106 valence electrons. The second-order valence-electron chi connectivity index (χ2n) is 5.71. The molecule has 0 radical (unpaired) electrons. The van der Waals surface area contributed by atoms with E-state index in [-0.39, 0.29) is 11.8 Å². The molecular formula is C13H26N2O2S. The number of nitrogens with zero attached hydrogens (tertiary/aromatic N) is 1. The van der Waals surface area contributed by atoms with E-state index < -0.39 is 10.0 Å². The minimum absolute atomic E-state index is 0.146. The summed E-state index contributed by atoms with van der Waals surface area (Å²) in [6.45, 7) is 3.99. The highest BCUT2D eigenvalue weighted by molar-refractivity contribution is 7.89. The zero-order valence-corrected chi connectivity index (χ0v) is 12.2. The lowest BCUT2D eigenvalue weighted by Gasteiger charge is -2.23. The number of nitrogens with one attached hydrogen (secondary N) is 1. The van der Waals surface area contributed by atoms with Gasteiger partial charge < -0.3 is 0 Å². The van der Waals surface area contributed by atoms with Gasteiger partial charge in [0.05, 0.1) is 5.75 Å². The van der Waals surface area contributed by atoms with Crippen molar-refractivity contribution < 1.29 is 8.42 Å². The number of hydrogen-bond acceptors (Lipinski definition) is 3. The molecule has 0 spiro atoms. The van der Waals surface area contributed by atoms with E-state index in [0.29, 0.717) is 0 Å². The van der Waals surface area contributed by atoms with Crippen LogP contribution in [0.3, 0.4) is 0 Å². The van der Waals surface area contributed by atoms with E-state index in [4.69, 9.17) is 0 Å². The van der Waals surface area contributed by atoms with Crippen LogP contribution in [0.25, 0.3) is 0 Å². The third-order valence-corrected chi connectivity index (χ3v) is 5.69. The summed E-state index contributed by atoms with van der Waals surface area (Å²) in [6, 6.07) is 0.864. The highest BCUT2D eigenvalue weighted by Gasteiger charge is 2.31. The Morgan fingerprint density at radius 1 is 1.22 bits per heavy atom. The molecule has 1 saturated carbocycles. The Hall–Kier alpha value is -0.130. The predicted molar refractivity (Wildman–Crippen MR) is 74.1 cm³/mol. The number of unbranched alkanes of at least 4 members (excludes halogenated alkanes) is 1. The van der Waals surface area contributed by atoms with Crippen LogP contribution in [0.1, 0.15) is 51.9 Å². The van der Waals surface area contributed by atoms with Gasteiger partial charge in [0, 0.05) is 25.2 Å². The first-order chi connectivity index (χ1) is 8.61. The van der Waals surface area contributed by atoms with Crippen molar-refractivity contribution in [1.82, 2.24) is 9.62 Å². The average Bonchev–Trinajstić information content (AvgIpc) is 2.95. The van der Waals surface area contributed by atoms with Crippen molar-refractivity contribution in [3.8, 4) is 0 Å². The molecule has 0 aromatic carbocycles. The van der Waals surface area contributed by atoms with E-state index in [0.717, 1.165) is 38.4 Å². The SMILES string of the molecule is CCCCS(=O)(=O)NC1CCN(C2CCCC2)C1. The Bertz CT molecular complexity index is 350. The summed E-state index contributed by atoms with van der Waals surface area (Å²) in [5.41, 5.74) is 0. The fraction of sp³-hybridized carbons (Fsp3) is 1.00. The van der Waals surface area contributed by atoms with E-state index >= 15 is 0 Å². The first-order valence-corrected chi connectivity index (χ1v) is 9.00. The topological polar surface area (TPSA) is 49.4 Å². The Morgan fingerprint density at radius 3 is 2.61 bits per heavy atom. The minimum atomic E-state index is -3.05. The number of likely N-dealkylation sites (tertiary alicyclic amines) is 1. The van der Waals surface area contributed by atoms with Crippen LogP contribution in [-0.4, -0.2) is 44.2 Å². The third-order valence-electron chi connectivity index (χ3n) is 4.17. The molecule has 2 fully saturated rings. The van der Waals surface area contributed by atoms with Gasteiger partial charge in [-0.1, -0.05) is 26.2 Å². The van der Waals surface area contributed by atoms with E-state index in [9.17, 15) is 8.42 Å². The predicted octanol–water partition coefficient (Wildman–Crippen LogP) is 1.72. The second kappa shape index (κ2) is 6.35. The minimum Gasteiger partial charge on any atom is -0.299 e. The summed E-state index contributed by atoms with van der Waals surface area (Å²) in [4.78, 5) is 2.49. The summed E-state index contributed by atoms with van der Waals surface area (Å²) in [5, 5.41) is 0. The van der Waals surface area contributed by atoms with Gasteiger partial charge in [-0.2, -0.15) is 0 Å². The molecule has 4 nitrogen and oxygen atoms in total. The fourth-order valence-electron chi connectivity index (χ4n) is 3.13. The first-order valence-electron chi connectivity index (χ1n) is 7.35. The molecular weight excluding hydrogens is 248 g/mol. The van der Waals surface area contributed by atoms with Gasteiger partial charge in [0.25, 0.3) is 0 Å². The van der Waals surface area contributed by atoms with Crippen LogP contribution < -0.4 is 4.72 Å². The molecule has 2 aliphatic rings. The molecule has 1 atom stereocenters. The Kier molecular flexibility index (Phi) is 5.04. The van der Waals surface area contributed by atoms with Crippen LogP contribution in [0.2, 0.25) is 0 Å². The van der Waals surface area contributed by atoms with E-state index in [1.807, 2.05) is 6.92 Å². The van der Waals surface area contributed by atoms with Crippen molar-refractivity contribution in [2.45, 2.75) is 64.0 Å². The van der Waals surface area contributed by atoms with E-state index in [1.165, 1.54) is 25.7 Å². The standard InChI is InChI=1S/C13H26N2O2S/c1-2-3-10-18(16,17)14-12-8-9-15(11-12)13-6-4-5-7-13/h12-14H,2-11H2,1H3. The average molecular weight is 274 g/mol. The number of hydrogen-bond donors (Lipinski definition) is 1. The van der Waals surface area contributed by atoms with Crippen LogP contribution in [0.15, 0.2) is 0 Å². The monoisotopic (exact) mass is 274 g/mol. The van der Waals surface area contributed by atoms with Gasteiger partial charge in [-0.3, -0.25) is 4.90 Å². The summed E-state index contributed by atoms with van der Waals surface area (Å²) in [5.74, 6) is 0.281. The van der Waals surface area contributed by atoms with E-state index in [1.54, 1.807) is 0 Å². The quantitative estimate of drug-likeness (QED) is 0.802. The van der Waals surface area contributed by atoms with Crippen molar-refractivity contribution in [2.75, 3.05) is 18.8 Å². The molecule has 5 heteroatoms.